The van der Waals surface area contributed by atoms with E-state index >= 15 is 0 Å². The first-order valence-corrected chi connectivity index (χ1v) is 7.65. The van der Waals surface area contributed by atoms with Crippen molar-refractivity contribution in [1.29, 1.82) is 0 Å². The molecule has 2 saturated heterocycles. The Morgan fingerprint density at radius 1 is 1.20 bits per heavy atom. The van der Waals surface area contributed by atoms with Crippen LogP contribution in [0.15, 0.2) is 0 Å². The number of rotatable bonds is 3. The molecule has 0 saturated carbocycles. The van der Waals surface area contributed by atoms with Crippen LogP contribution in [0.3, 0.4) is 0 Å². The molecule has 2 fully saturated rings. The van der Waals surface area contributed by atoms with Crippen molar-refractivity contribution in [3.63, 3.8) is 0 Å². The van der Waals surface area contributed by atoms with Gasteiger partial charge >= 0.3 is 6.03 Å². The standard InChI is InChI=1S/C15H28N2O3/c1-10-12(6-8-19-10)17-14(18)16-9-11-5-7-20-13(11)15(2,3)4/h10-13H,5-9H2,1-4H3,(H2,16,17,18)/t10-,11-,12-,13+/m1/s1. The van der Waals surface area contributed by atoms with Gasteiger partial charge < -0.3 is 20.1 Å². The lowest BCUT2D eigenvalue weighted by molar-refractivity contribution is 0.00772. The van der Waals surface area contributed by atoms with E-state index in [1.54, 1.807) is 0 Å². The van der Waals surface area contributed by atoms with Crippen molar-refractivity contribution in [3.8, 4) is 0 Å². The molecule has 0 bridgehead atoms. The van der Waals surface area contributed by atoms with Gasteiger partial charge in [-0.1, -0.05) is 20.8 Å². The van der Waals surface area contributed by atoms with Gasteiger partial charge in [0.15, 0.2) is 0 Å². The first kappa shape index (κ1) is 15.6. The largest absolute Gasteiger partial charge is 0.377 e. The van der Waals surface area contributed by atoms with Crippen molar-refractivity contribution < 1.29 is 14.3 Å². The van der Waals surface area contributed by atoms with Crippen molar-refractivity contribution >= 4 is 6.03 Å². The molecule has 5 heteroatoms. The highest BCUT2D eigenvalue weighted by Gasteiger charge is 2.37. The van der Waals surface area contributed by atoms with Gasteiger partial charge in [-0.15, -0.1) is 0 Å². The van der Waals surface area contributed by atoms with Crippen LogP contribution in [-0.4, -0.2) is 44.0 Å². The summed E-state index contributed by atoms with van der Waals surface area (Å²) in [5.41, 5.74) is 0.118. The number of carbonyl (C=O) groups excluding carboxylic acids is 1. The van der Waals surface area contributed by atoms with Gasteiger partial charge in [-0.25, -0.2) is 4.79 Å². The fraction of sp³-hybridized carbons (Fsp3) is 0.933. The van der Waals surface area contributed by atoms with E-state index in [1.165, 1.54) is 0 Å². The fourth-order valence-electron chi connectivity index (χ4n) is 3.16. The first-order chi connectivity index (χ1) is 9.38. The van der Waals surface area contributed by atoms with Crippen molar-refractivity contribution in [3.05, 3.63) is 0 Å². The Kier molecular flexibility index (Phi) is 4.91. The molecule has 2 amide bonds. The van der Waals surface area contributed by atoms with Gasteiger partial charge in [-0.2, -0.15) is 0 Å². The van der Waals surface area contributed by atoms with E-state index < -0.39 is 0 Å². The lowest BCUT2D eigenvalue weighted by Gasteiger charge is -2.31. The predicted molar refractivity (Wildman–Crippen MR) is 77.7 cm³/mol. The maximum absolute atomic E-state index is 11.9. The quantitative estimate of drug-likeness (QED) is 0.832. The molecule has 2 rings (SSSR count). The van der Waals surface area contributed by atoms with Crippen molar-refractivity contribution in [2.24, 2.45) is 11.3 Å². The zero-order chi connectivity index (χ0) is 14.8. The average molecular weight is 284 g/mol. The van der Waals surface area contributed by atoms with Crippen LogP contribution in [0.2, 0.25) is 0 Å². The number of hydrogen-bond acceptors (Lipinski definition) is 3. The molecule has 116 valence electrons. The summed E-state index contributed by atoms with van der Waals surface area (Å²) < 4.78 is 11.3. The summed E-state index contributed by atoms with van der Waals surface area (Å²) in [6, 6.07) is 0.0418. The van der Waals surface area contributed by atoms with Gasteiger partial charge in [0.1, 0.15) is 0 Å². The number of carbonyl (C=O) groups is 1. The Balaban J connectivity index is 1.75. The summed E-state index contributed by atoms with van der Waals surface area (Å²) in [4.78, 5) is 11.9. The number of ether oxygens (including phenoxy) is 2. The number of nitrogens with one attached hydrogen (secondary N) is 2. The molecular formula is C15H28N2O3. The summed E-state index contributed by atoms with van der Waals surface area (Å²) in [5, 5.41) is 5.98. The SMILES string of the molecule is C[C@H]1OCC[C@H]1NC(=O)NC[C@H]1CCO[C@@H]1C(C)(C)C. The van der Waals surface area contributed by atoms with Crippen LogP contribution in [0.4, 0.5) is 4.79 Å². The summed E-state index contributed by atoms with van der Waals surface area (Å²) in [7, 11) is 0. The fourth-order valence-corrected chi connectivity index (χ4v) is 3.16. The lowest BCUT2D eigenvalue weighted by atomic mass is 9.81. The van der Waals surface area contributed by atoms with Crippen LogP contribution in [0.25, 0.3) is 0 Å². The van der Waals surface area contributed by atoms with Crippen LogP contribution in [0, 0.1) is 11.3 Å². The summed E-state index contributed by atoms with van der Waals surface area (Å²) >= 11 is 0. The molecule has 0 unspecified atom stereocenters. The summed E-state index contributed by atoms with van der Waals surface area (Å²) in [5.74, 6) is 0.401. The highest BCUT2D eigenvalue weighted by molar-refractivity contribution is 5.74. The van der Waals surface area contributed by atoms with Gasteiger partial charge in [0.25, 0.3) is 0 Å². The molecule has 4 atom stereocenters. The molecule has 0 aromatic carbocycles. The Hall–Kier alpha value is -0.810. The molecule has 2 aliphatic heterocycles. The Morgan fingerprint density at radius 3 is 2.50 bits per heavy atom. The molecule has 0 aromatic heterocycles. The average Bonchev–Trinajstić information content (AvgIpc) is 2.96. The van der Waals surface area contributed by atoms with Crippen LogP contribution in [-0.2, 0) is 9.47 Å². The van der Waals surface area contributed by atoms with Crippen molar-refractivity contribution in [1.82, 2.24) is 10.6 Å². The van der Waals surface area contributed by atoms with Gasteiger partial charge in [0.05, 0.1) is 18.2 Å². The third-order valence-electron chi connectivity index (χ3n) is 4.29. The van der Waals surface area contributed by atoms with Gasteiger partial charge in [0.2, 0.25) is 0 Å². The summed E-state index contributed by atoms with van der Waals surface area (Å²) in [6.45, 7) is 10.8. The molecule has 20 heavy (non-hydrogen) atoms. The molecule has 0 aliphatic carbocycles. The van der Waals surface area contributed by atoms with Crippen molar-refractivity contribution in [2.75, 3.05) is 19.8 Å². The highest BCUT2D eigenvalue weighted by atomic mass is 16.5. The van der Waals surface area contributed by atoms with E-state index in [-0.39, 0.29) is 29.7 Å². The molecule has 0 spiro atoms. The lowest BCUT2D eigenvalue weighted by Crippen LogP contribution is -2.47. The van der Waals surface area contributed by atoms with E-state index in [0.717, 1.165) is 26.1 Å². The Labute approximate surface area is 121 Å². The Bertz CT molecular complexity index is 341. The van der Waals surface area contributed by atoms with Crippen LogP contribution >= 0.6 is 0 Å². The number of amides is 2. The van der Waals surface area contributed by atoms with Gasteiger partial charge in [-0.3, -0.25) is 0 Å². The van der Waals surface area contributed by atoms with Crippen LogP contribution in [0.1, 0.15) is 40.5 Å². The molecule has 2 heterocycles. The minimum absolute atomic E-state index is 0.0908. The Morgan fingerprint density at radius 2 is 1.90 bits per heavy atom. The first-order valence-electron chi connectivity index (χ1n) is 7.65. The van der Waals surface area contributed by atoms with E-state index in [0.29, 0.717) is 12.5 Å². The maximum atomic E-state index is 11.9. The zero-order valence-corrected chi connectivity index (χ0v) is 13.1. The third-order valence-corrected chi connectivity index (χ3v) is 4.29. The third kappa shape index (κ3) is 3.85. The second-order valence-electron chi connectivity index (χ2n) is 7.03. The van der Waals surface area contributed by atoms with E-state index in [2.05, 4.69) is 31.4 Å². The molecule has 2 aliphatic rings. The minimum atomic E-state index is -0.0908. The predicted octanol–water partition coefficient (Wildman–Crippen LogP) is 1.91. The zero-order valence-electron chi connectivity index (χ0n) is 13.1. The van der Waals surface area contributed by atoms with Gasteiger partial charge in [-0.05, 0) is 25.2 Å². The minimum Gasteiger partial charge on any atom is -0.377 e. The number of hydrogen-bond donors (Lipinski definition) is 2. The number of urea groups is 1. The molecule has 2 N–H and O–H groups in total. The van der Waals surface area contributed by atoms with E-state index in [1.807, 2.05) is 6.92 Å². The topological polar surface area (TPSA) is 59.6 Å². The van der Waals surface area contributed by atoms with E-state index in [4.69, 9.17) is 9.47 Å². The second-order valence-corrected chi connectivity index (χ2v) is 7.03. The smallest absolute Gasteiger partial charge is 0.315 e. The molecular weight excluding hydrogens is 256 g/mol. The van der Waals surface area contributed by atoms with Gasteiger partial charge in [0, 0.05) is 25.7 Å². The molecule has 0 aromatic rings. The second kappa shape index (κ2) is 6.31. The maximum Gasteiger partial charge on any atom is 0.315 e. The summed E-state index contributed by atoms with van der Waals surface area (Å²) in [6.07, 6.45) is 2.24. The van der Waals surface area contributed by atoms with Crippen LogP contribution in [0.5, 0.6) is 0 Å². The van der Waals surface area contributed by atoms with E-state index in [9.17, 15) is 4.79 Å². The monoisotopic (exact) mass is 284 g/mol. The molecule has 5 nitrogen and oxygen atoms in total. The highest BCUT2D eigenvalue weighted by Crippen LogP contribution is 2.34. The molecule has 0 radical (unpaired) electrons. The normalized spacial score (nSPS) is 34.2. The van der Waals surface area contributed by atoms with Crippen molar-refractivity contribution in [2.45, 2.75) is 58.8 Å². The van der Waals surface area contributed by atoms with Crippen LogP contribution < -0.4 is 10.6 Å².